The number of sulfone groups is 1. The number of rotatable bonds is 4. The number of hydrogen-bond donors (Lipinski definition) is 1. The van der Waals surface area contributed by atoms with Crippen molar-refractivity contribution < 1.29 is 12.8 Å². The van der Waals surface area contributed by atoms with E-state index >= 15 is 0 Å². The molecule has 3 nitrogen and oxygen atoms in total. The van der Waals surface area contributed by atoms with Crippen molar-refractivity contribution in [1.82, 2.24) is 0 Å². The van der Waals surface area contributed by atoms with E-state index in [4.69, 9.17) is 11.6 Å². The van der Waals surface area contributed by atoms with Gasteiger partial charge in [0.2, 0.25) is 0 Å². The molecule has 0 aromatic heterocycles. The molecule has 112 valence electrons. The summed E-state index contributed by atoms with van der Waals surface area (Å²) in [6.07, 6.45) is 1.09. The monoisotopic (exact) mass is 327 g/mol. The molecule has 2 aromatic rings. The number of aryl methyl sites for hydroxylation is 1. The van der Waals surface area contributed by atoms with E-state index in [0.717, 1.165) is 23.4 Å². The highest BCUT2D eigenvalue weighted by molar-refractivity contribution is 7.90. The number of anilines is 1. The Labute approximate surface area is 128 Å². The molecule has 0 saturated carbocycles. The molecule has 21 heavy (non-hydrogen) atoms. The molecule has 0 aliphatic heterocycles. The molecule has 0 saturated heterocycles. The smallest absolute Gasteiger partial charge is 0.175 e. The first-order chi connectivity index (χ1) is 9.77. The van der Waals surface area contributed by atoms with E-state index in [1.54, 1.807) is 6.07 Å². The molecule has 0 aliphatic rings. The van der Waals surface area contributed by atoms with Crippen LogP contribution >= 0.6 is 11.6 Å². The van der Waals surface area contributed by atoms with Gasteiger partial charge in [-0.05, 0) is 48.4 Å². The van der Waals surface area contributed by atoms with E-state index < -0.39 is 15.7 Å². The van der Waals surface area contributed by atoms with Crippen molar-refractivity contribution in [3.63, 3.8) is 0 Å². The Morgan fingerprint density at radius 3 is 2.52 bits per heavy atom. The van der Waals surface area contributed by atoms with Crippen molar-refractivity contribution in [2.24, 2.45) is 0 Å². The van der Waals surface area contributed by atoms with Crippen LogP contribution in [0.3, 0.4) is 0 Å². The first-order valence-electron chi connectivity index (χ1n) is 6.26. The summed E-state index contributed by atoms with van der Waals surface area (Å²) >= 11 is 5.88. The molecular weight excluding hydrogens is 313 g/mol. The van der Waals surface area contributed by atoms with Gasteiger partial charge in [0.1, 0.15) is 5.82 Å². The predicted octanol–water partition coefficient (Wildman–Crippen LogP) is 3.80. The maximum atomic E-state index is 13.7. The first kappa shape index (κ1) is 15.8. The third-order valence-electron chi connectivity index (χ3n) is 3.14. The fraction of sp³-hybridized carbons (Fsp3) is 0.200. The van der Waals surface area contributed by atoms with Gasteiger partial charge in [0.15, 0.2) is 9.84 Å². The van der Waals surface area contributed by atoms with Gasteiger partial charge >= 0.3 is 0 Å². The van der Waals surface area contributed by atoms with E-state index in [2.05, 4.69) is 5.32 Å². The lowest BCUT2D eigenvalue weighted by Crippen LogP contribution is -2.05. The maximum absolute atomic E-state index is 13.7. The summed E-state index contributed by atoms with van der Waals surface area (Å²) in [5, 5.41) is 3.56. The summed E-state index contributed by atoms with van der Waals surface area (Å²) in [4.78, 5) is 0.0826. The van der Waals surface area contributed by atoms with Crippen LogP contribution < -0.4 is 5.32 Å². The molecule has 6 heteroatoms. The van der Waals surface area contributed by atoms with Crippen LogP contribution in [0.2, 0.25) is 5.02 Å². The third kappa shape index (κ3) is 3.95. The van der Waals surface area contributed by atoms with Gasteiger partial charge in [-0.1, -0.05) is 17.7 Å². The maximum Gasteiger partial charge on any atom is 0.175 e. The second-order valence-corrected chi connectivity index (χ2v) is 7.29. The second-order valence-electron chi connectivity index (χ2n) is 4.84. The molecule has 0 aliphatic carbocycles. The number of nitrogens with one attached hydrogen (secondary N) is 1. The quantitative estimate of drug-likeness (QED) is 0.869. The Balaban J connectivity index is 2.23. The molecule has 0 heterocycles. The highest BCUT2D eigenvalue weighted by Crippen LogP contribution is 2.21. The van der Waals surface area contributed by atoms with Gasteiger partial charge in [0.25, 0.3) is 0 Å². The normalized spacial score (nSPS) is 11.4. The average molecular weight is 328 g/mol. The van der Waals surface area contributed by atoms with E-state index in [1.165, 1.54) is 12.1 Å². The van der Waals surface area contributed by atoms with Gasteiger partial charge in [-0.25, -0.2) is 12.8 Å². The van der Waals surface area contributed by atoms with Crippen molar-refractivity contribution >= 4 is 27.1 Å². The van der Waals surface area contributed by atoms with E-state index in [9.17, 15) is 12.8 Å². The number of halogens is 2. The summed E-state index contributed by atoms with van der Waals surface area (Å²) in [5.74, 6) is -0.492. The predicted molar refractivity (Wildman–Crippen MR) is 83.0 cm³/mol. The SMILES string of the molecule is Cc1cc(Cl)ccc1CNc1cc(S(C)(=O)=O)ccc1F. The lowest BCUT2D eigenvalue weighted by atomic mass is 10.1. The molecule has 2 aromatic carbocycles. The topological polar surface area (TPSA) is 46.2 Å². The third-order valence-corrected chi connectivity index (χ3v) is 4.49. The minimum atomic E-state index is -3.36. The fourth-order valence-corrected chi connectivity index (χ4v) is 2.79. The average Bonchev–Trinajstić information content (AvgIpc) is 2.38. The van der Waals surface area contributed by atoms with Gasteiger partial charge in [-0.15, -0.1) is 0 Å². The molecule has 0 unspecified atom stereocenters. The first-order valence-corrected chi connectivity index (χ1v) is 8.53. The molecule has 0 spiro atoms. The zero-order chi connectivity index (χ0) is 15.6. The van der Waals surface area contributed by atoms with Crippen LogP contribution in [0, 0.1) is 12.7 Å². The minimum Gasteiger partial charge on any atom is -0.379 e. The molecule has 0 radical (unpaired) electrons. The highest BCUT2D eigenvalue weighted by Gasteiger charge is 2.11. The summed E-state index contributed by atoms with van der Waals surface area (Å²) in [6, 6.07) is 9.13. The molecule has 0 atom stereocenters. The zero-order valence-corrected chi connectivity index (χ0v) is 13.2. The standard InChI is InChI=1S/C15H15ClFNO2S/c1-10-7-12(16)4-3-11(10)9-18-15-8-13(21(2,19)20)5-6-14(15)17/h3-8,18H,9H2,1-2H3. The summed E-state index contributed by atoms with van der Waals surface area (Å²) in [7, 11) is -3.36. The van der Waals surface area contributed by atoms with Gasteiger partial charge in [-0.2, -0.15) is 0 Å². The molecule has 2 rings (SSSR count). The van der Waals surface area contributed by atoms with Crippen LogP contribution in [-0.2, 0) is 16.4 Å². The summed E-state index contributed by atoms with van der Waals surface area (Å²) < 4.78 is 36.7. The van der Waals surface area contributed by atoms with Crippen molar-refractivity contribution in [2.45, 2.75) is 18.4 Å². The highest BCUT2D eigenvalue weighted by atomic mass is 35.5. The summed E-state index contributed by atoms with van der Waals surface area (Å²) in [6.45, 7) is 2.29. The van der Waals surface area contributed by atoms with Crippen molar-refractivity contribution in [3.8, 4) is 0 Å². The van der Waals surface area contributed by atoms with Crippen LogP contribution in [0.5, 0.6) is 0 Å². The van der Waals surface area contributed by atoms with Crippen molar-refractivity contribution in [1.29, 1.82) is 0 Å². The van der Waals surface area contributed by atoms with E-state index in [1.807, 2.05) is 19.1 Å². The van der Waals surface area contributed by atoms with Crippen molar-refractivity contribution in [3.05, 3.63) is 58.4 Å². The van der Waals surface area contributed by atoms with Gasteiger partial charge in [-0.3, -0.25) is 0 Å². The molecular formula is C15H15ClFNO2S. The number of hydrogen-bond acceptors (Lipinski definition) is 3. The molecule has 0 bridgehead atoms. The van der Waals surface area contributed by atoms with E-state index in [0.29, 0.717) is 11.6 Å². The second kappa shape index (κ2) is 6.03. The zero-order valence-electron chi connectivity index (χ0n) is 11.7. The molecule has 0 fully saturated rings. The van der Waals surface area contributed by atoms with Gasteiger partial charge in [0, 0.05) is 17.8 Å². The fourth-order valence-electron chi connectivity index (χ4n) is 1.92. The van der Waals surface area contributed by atoms with Crippen LogP contribution in [0.4, 0.5) is 10.1 Å². The summed E-state index contributed by atoms with van der Waals surface area (Å²) in [5.41, 5.74) is 2.10. The van der Waals surface area contributed by atoms with E-state index in [-0.39, 0.29) is 10.6 Å². The number of benzene rings is 2. The Morgan fingerprint density at radius 2 is 1.90 bits per heavy atom. The van der Waals surface area contributed by atoms with Gasteiger partial charge < -0.3 is 5.32 Å². The Morgan fingerprint density at radius 1 is 1.19 bits per heavy atom. The molecule has 0 amide bonds. The Bertz CT molecular complexity index is 775. The van der Waals surface area contributed by atoms with Crippen molar-refractivity contribution in [2.75, 3.05) is 11.6 Å². The van der Waals surface area contributed by atoms with Gasteiger partial charge in [0.05, 0.1) is 10.6 Å². The lowest BCUT2D eigenvalue weighted by Gasteiger charge is -2.11. The minimum absolute atomic E-state index is 0.0826. The van der Waals surface area contributed by atoms with Crippen LogP contribution in [0.25, 0.3) is 0 Å². The Hall–Kier alpha value is -1.59. The molecule has 1 N–H and O–H groups in total. The lowest BCUT2D eigenvalue weighted by molar-refractivity contribution is 0.600. The largest absolute Gasteiger partial charge is 0.379 e. The van der Waals surface area contributed by atoms with Crippen LogP contribution in [0.1, 0.15) is 11.1 Å². The Kier molecular flexibility index (Phi) is 4.54. The van der Waals surface area contributed by atoms with Crippen LogP contribution in [-0.4, -0.2) is 14.7 Å². The van der Waals surface area contributed by atoms with Crippen LogP contribution in [0.15, 0.2) is 41.3 Å².